The molecule has 1 aliphatic carbocycles. The van der Waals surface area contributed by atoms with Gasteiger partial charge in [0.25, 0.3) is 0 Å². The number of hydrogen-bond acceptors (Lipinski definition) is 1. The van der Waals surface area contributed by atoms with Crippen molar-refractivity contribution in [3.63, 3.8) is 0 Å². The molecular formula is C12H25N. The molecule has 0 bridgehead atoms. The normalized spacial score (nSPS) is 35.8. The van der Waals surface area contributed by atoms with Gasteiger partial charge in [-0.2, -0.15) is 0 Å². The molecule has 0 heterocycles. The van der Waals surface area contributed by atoms with Gasteiger partial charge < -0.3 is 5.73 Å². The summed E-state index contributed by atoms with van der Waals surface area (Å²) >= 11 is 0. The summed E-state index contributed by atoms with van der Waals surface area (Å²) in [4.78, 5) is 0. The molecule has 1 heteroatoms. The fourth-order valence-electron chi connectivity index (χ4n) is 2.42. The minimum absolute atomic E-state index is 0.144. The van der Waals surface area contributed by atoms with Crippen LogP contribution in [0.2, 0.25) is 0 Å². The van der Waals surface area contributed by atoms with Crippen molar-refractivity contribution in [3.8, 4) is 0 Å². The van der Waals surface area contributed by atoms with Gasteiger partial charge in [-0.1, -0.05) is 27.7 Å². The Kier molecular flexibility index (Phi) is 3.39. The largest absolute Gasteiger partial charge is 0.325 e. The first-order valence-electron chi connectivity index (χ1n) is 5.74. The van der Waals surface area contributed by atoms with E-state index in [-0.39, 0.29) is 5.54 Å². The Bertz CT molecular complexity index is 153. The lowest BCUT2D eigenvalue weighted by Gasteiger charge is -2.41. The molecule has 1 rings (SSSR count). The molecule has 78 valence electrons. The Morgan fingerprint density at radius 2 is 1.54 bits per heavy atom. The van der Waals surface area contributed by atoms with Crippen molar-refractivity contribution in [2.45, 2.75) is 58.9 Å². The highest BCUT2D eigenvalue weighted by Crippen LogP contribution is 2.37. The zero-order chi connectivity index (χ0) is 10.1. The molecule has 0 radical (unpaired) electrons. The van der Waals surface area contributed by atoms with Gasteiger partial charge >= 0.3 is 0 Å². The van der Waals surface area contributed by atoms with Crippen molar-refractivity contribution in [1.82, 2.24) is 0 Å². The lowest BCUT2D eigenvalue weighted by molar-refractivity contribution is 0.155. The fourth-order valence-corrected chi connectivity index (χ4v) is 2.42. The van der Waals surface area contributed by atoms with E-state index >= 15 is 0 Å². The Balaban J connectivity index is 2.47. The molecule has 1 aliphatic rings. The highest BCUT2D eigenvalue weighted by atomic mass is 14.8. The van der Waals surface area contributed by atoms with Crippen molar-refractivity contribution in [1.29, 1.82) is 0 Å². The average Bonchev–Trinajstić information content (AvgIpc) is 2.04. The summed E-state index contributed by atoms with van der Waals surface area (Å²) < 4.78 is 0. The predicted octanol–water partition coefficient (Wildman–Crippen LogP) is 3.19. The Labute approximate surface area is 83.1 Å². The molecule has 0 spiro atoms. The SMILES string of the molecule is CC(C)C1CCC(N)(C(C)C)CC1. The minimum atomic E-state index is 0.144. The summed E-state index contributed by atoms with van der Waals surface area (Å²) in [5.74, 6) is 2.41. The van der Waals surface area contributed by atoms with Crippen molar-refractivity contribution >= 4 is 0 Å². The molecule has 2 N–H and O–H groups in total. The molecule has 0 aliphatic heterocycles. The zero-order valence-corrected chi connectivity index (χ0v) is 9.64. The van der Waals surface area contributed by atoms with Crippen LogP contribution in [0.3, 0.4) is 0 Å². The average molecular weight is 183 g/mol. The maximum Gasteiger partial charge on any atom is 0.0177 e. The summed E-state index contributed by atoms with van der Waals surface area (Å²) in [6.45, 7) is 9.19. The van der Waals surface area contributed by atoms with Crippen LogP contribution in [0.1, 0.15) is 53.4 Å². The van der Waals surface area contributed by atoms with Crippen LogP contribution in [-0.4, -0.2) is 5.54 Å². The molecule has 0 aromatic rings. The minimum Gasteiger partial charge on any atom is -0.325 e. The zero-order valence-electron chi connectivity index (χ0n) is 9.64. The van der Waals surface area contributed by atoms with Gasteiger partial charge in [0.05, 0.1) is 0 Å². The first-order chi connectivity index (χ1) is 5.96. The smallest absolute Gasteiger partial charge is 0.0177 e. The topological polar surface area (TPSA) is 26.0 Å². The van der Waals surface area contributed by atoms with Crippen LogP contribution in [0.5, 0.6) is 0 Å². The first kappa shape index (κ1) is 11.0. The molecule has 0 atom stereocenters. The number of nitrogens with two attached hydrogens (primary N) is 1. The monoisotopic (exact) mass is 183 g/mol. The van der Waals surface area contributed by atoms with Gasteiger partial charge in [-0.3, -0.25) is 0 Å². The third-order valence-corrected chi connectivity index (χ3v) is 4.05. The van der Waals surface area contributed by atoms with Crippen LogP contribution in [0.4, 0.5) is 0 Å². The van der Waals surface area contributed by atoms with Crippen molar-refractivity contribution in [2.75, 3.05) is 0 Å². The van der Waals surface area contributed by atoms with E-state index in [1.165, 1.54) is 25.7 Å². The van der Waals surface area contributed by atoms with Gasteiger partial charge in [0.1, 0.15) is 0 Å². The van der Waals surface area contributed by atoms with Gasteiger partial charge in [-0.25, -0.2) is 0 Å². The van der Waals surface area contributed by atoms with E-state index in [1.807, 2.05) is 0 Å². The van der Waals surface area contributed by atoms with Crippen molar-refractivity contribution in [3.05, 3.63) is 0 Å². The molecule has 13 heavy (non-hydrogen) atoms. The van der Waals surface area contributed by atoms with Crippen molar-refractivity contribution < 1.29 is 0 Å². The van der Waals surface area contributed by atoms with Crippen LogP contribution < -0.4 is 5.73 Å². The molecule has 0 aromatic heterocycles. The summed E-state index contributed by atoms with van der Waals surface area (Å²) in [7, 11) is 0. The molecule has 0 unspecified atom stereocenters. The maximum absolute atomic E-state index is 6.36. The van der Waals surface area contributed by atoms with Gasteiger partial charge in [0, 0.05) is 5.54 Å². The van der Waals surface area contributed by atoms with Gasteiger partial charge in [-0.05, 0) is 43.4 Å². The van der Waals surface area contributed by atoms with E-state index in [1.54, 1.807) is 0 Å². The van der Waals surface area contributed by atoms with Crippen LogP contribution in [-0.2, 0) is 0 Å². The van der Waals surface area contributed by atoms with E-state index in [9.17, 15) is 0 Å². The van der Waals surface area contributed by atoms with E-state index in [0.29, 0.717) is 5.92 Å². The predicted molar refractivity (Wildman–Crippen MR) is 58.6 cm³/mol. The van der Waals surface area contributed by atoms with Gasteiger partial charge in [0.15, 0.2) is 0 Å². The lowest BCUT2D eigenvalue weighted by atomic mass is 9.69. The molecule has 0 saturated heterocycles. The second kappa shape index (κ2) is 4.00. The molecule has 1 fully saturated rings. The molecular weight excluding hydrogens is 158 g/mol. The summed E-state index contributed by atoms with van der Waals surface area (Å²) in [5.41, 5.74) is 6.51. The second-order valence-corrected chi connectivity index (χ2v) is 5.47. The third kappa shape index (κ3) is 2.46. The van der Waals surface area contributed by atoms with E-state index in [2.05, 4.69) is 27.7 Å². The van der Waals surface area contributed by atoms with Crippen LogP contribution in [0, 0.1) is 17.8 Å². The summed E-state index contributed by atoms with van der Waals surface area (Å²) in [5, 5.41) is 0. The van der Waals surface area contributed by atoms with Crippen LogP contribution in [0.25, 0.3) is 0 Å². The van der Waals surface area contributed by atoms with Crippen molar-refractivity contribution in [2.24, 2.45) is 23.5 Å². The van der Waals surface area contributed by atoms with Crippen LogP contribution >= 0.6 is 0 Å². The standard InChI is InChI=1S/C12H25N/c1-9(2)11-5-7-12(13,8-6-11)10(3)4/h9-11H,5-8,13H2,1-4H3. The Hall–Kier alpha value is -0.0400. The molecule has 1 nitrogen and oxygen atoms in total. The molecule has 0 aromatic carbocycles. The van der Waals surface area contributed by atoms with Gasteiger partial charge in [-0.15, -0.1) is 0 Å². The Morgan fingerprint density at radius 3 is 1.85 bits per heavy atom. The highest BCUT2D eigenvalue weighted by molar-refractivity contribution is 4.92. The maximum atomic E-state index is 6.36. The summed E-state index contributed by atoms with van der Waals surface area (Å²) in [6, 6.07) is 0. The molecule has 0 amide bonds. The first-order valence-corrected chi connectivity index (χ1v) is 5.74. The highest BCUT2D eigenvalue weighted by Gasteiger charge is 2.34. The summed E-state index contributed by atoms with van der Waals surface area (Å²) in [6.07, 6.45) is 5.14. The fraction of sp³-hybridized carbons (Fsp3) is 1.00. The van der Waals surface area contributed by atoms with E-state index in [4.69, 9.17) is 5.73 Å². The van der Waals surface area contributed by atoms with E-state index in [0.717, 1.165) is 11.8 Å². The third-order valence-electron chi connectivity index (χ3n) is 4.05. The molecule has 1 saturated carbocycles. The number of hydrogen-bond donors (Lipinski definition) is 1. The second-order valence-electron chi connectivity index (χ2n) is 5.47. The number of rotatable bonds is 2. The van der Waals surface area contributed by atoms with Gasteiger partial charge in [0.2, 0.25) is 0 Å². The lowest BCUT2D eigenvalue weighted by Crippen LogP contribution is -2.48. The quantitative estimate of drug-likeness (QED) is 0.699. The van der Waals surface area contributed by atoms with E-state index < -0.39 is 0 Å². The van der Waals surface area contributed by atoms with Crippen LogP contribution in [0.15, 0.2) is 0 Å². The Morgan fingerprint density at radius 1 is 1.08 bits per heavy atom.